The van der Waals surface area contributed by atoms with Crippen molar-refractivity contribution in [3.8, 4) is 0 Å². The van der Waals surface area contributed by atoms with E-state index in [0.29, 0.717) is 11.7 Å². The molecule has 0 aliphatic rings. The van der Waals surface area contributed by atoms with Gasteiger partial charge in [-0.15, -0.1) is 0 Å². The Kier molecular flexibility index (Phi) is 5.59. The van der Waals surface area contributed by atoms with Crippen molar-refractivity contribution in [3.63, 3.8) is 0 Å². The first-order valence-electron chi connectivity index (χ1n) is 7.74. The normalized spacial score (nSPS) is 10.9. The van der Waals surface area contributed by atoms with E-state index in [1.807, 2.05) is 60.7 Å². The number of benzene rings is 2. The fraction of sp³-hybridized carbons (Fsp3) is 0.105. The number of amides is 1. The number of hydrogen-bond acceptors (Lipinski definition) is 4. The summed E-state index contributed by atoms with van der Waals surface area (Å²) >= 11 is 6.01. The predicted octanol–water partition coefficient (Wildman–Crippen LogP) is 4.22. The number of aromatic nitrogens is 2. The van der Waals surface area contributed by atoms with E-state index >= 15 is 0 Å². The highest BCUT2D eigenvalue weighted by molar-refractivity contribution is 6.34. The van der Waals surface area contributed by atoms with Crippen LogP contribution in [0.25, 0.3) is 17.0 Å². The van der Waals surface area contributed by atoms with Crippen molar-refractivity contribution in [2.45, 2.75) is 6.61 Å². The monoisotopic (exact) mass is 353 g/mol. The largest absolute Gasteiger partial charge is 0.445 e. The Balaban J connectivity index is 1.49. The number of hydrogen-bond donors (Lipinski definition) is 1. The van der Waals surface area contributed by atoms with Crippen LogP contribution >= 0.6 is 11.6 Å². The maximum Gasteiger partial charge on any atom is 0.407 e. The van der Waals surface area contributed by atoms with Gasteiger partial charge in [0, 0.05) is 11.9 Å². The molecule has 1 amide bonds. The van der Waals surface area contributed by atoms with Gasteiger partial charge in [-0.2, -0.15) is 0 Å². The zero-order valence-corrected chi connectivity index (χ0v) is 14.1. The molecule has 6 heteroatoms. The lowest BCUT2D eigenvalue weighted by molar-refractivity contribution is 0.141. The molecule has 0 saturated carbocycles. The van der Waals surface area contributed by atoms with Gasteiger partial charge in [0.15, 0.2) is 0 Å². The fourth-order valence-corrected chi connectivity index (χ4v) is 2.46. The molecule has 0 fully saturated rings. The van der Waals surface area contributed by atoms with E-state index in [9.17, 15) is 4.79 Å². The zero-order valence-electron chi connectivity index (χ0n) is 13.4. The number of nitrogens with one attached hydrogen (secondary N) is 1. The van der Waals surface area contributed by atoms with E-state index in [0.717, 1.165) is 22.0 Å². The number of halogens is 1. The van der Waals surface area contributed by atoms with Crippen LogP contribution in [0.3, 0.4) is 0 Å². The van der Waals surface area contributed by atoms with Gasteiger partial charge in [0.25, 0.3) is 0 Å². The van der Waals surface area contributed by atoms with E-state index in [1.54, 1.807) is 0 Å². The van der Waals surface area contributed by atoms with Crippen LogP contribution in [0.4, 0.5) is 4.79 Å². The number of carbonyl (C=O) groups excluding carboxylic acids is 1. The molecule has 0 unspecified atom stereocenters. The van der Waals surface area contributed by atoms with Gasteiger partial charge in [-0.25, -0.2) is 14.8 Å². The Morgan fingerprint density at radius 3 is 2.84 bits per heavy atom. The molecule has 3 rings (SSSR count). The molecule has 3 aromatic rings. The third kappa shape index (κ3) is 4.78. The maximum absolute atomic E-state index is 11.6. The number of rotatable bonds is 5. The maximum atomic E-state index is 11.6. The average molecular weight is 354 g/mol. The van der Waals surface area contributed by atoms with Crippen LogP contribution in [0.2, 0.25) is 5.15 Å². The molecule has 0 saturated heterocycles. The highest BCUT2D eigenvalue weighted by Crippen LogP contribution is 2.20. The summed E-state index contributed by atoms with van der Waals surface area (Å²) in [6.45, 7) is 0.623. The molecule has 1 heterocycles. The van der Waals surface area contributed by atoms with Crippen molar-refractivity contribution in [1.82, 2.24) is 15.3 Å². The standard InChI is InChI=1S/C19H16ClN3O2/c20-18-16-9-8-14(11-17(16)22-13-23-18)7-4-10-21-19(24)25-12-15-5-2-1-3-6-15/h1-9,11,13H,10,12H2,(H,21,24). The number of carbonyl (C=O) groups is 1. The summed E-state index contributed by atoms with van der Waals surface area (Å²) in [6, 6.07) is 15.2. The van der Waals surface area contributed by atoms with Crippen LogP contribution < -0.4 is 5.32 Å². The Labute approximate surface area is 150 Å². The van der Waals surface area contributed by atoms with E-state index < -0.39 is 6.09 Å². The highest BCUT2D eigenvalue weighted by atomic mass is 35.5. The minimum Gasteiger partial charge on any atom is -0.445 e. The van der Waals surface area contributed by atoms with Gasteiger partial charge in [-0.1, -0.05) is 60.2 Å². The van der Waals surface area contributed by atoms with Crippen molar-refractivity contribution in [3.05, 3.63) is 77.2 Å². The van der Waals surface area contributed by atoms with Crippen molar-refractivity contribution in [2.24, 2.45) is 0 Å². The second kappa shape index (κ2) is 8.26. The Bertz CT molecular complexity index is 898. The van der Waals surface area contributed by atoms with Gasteiger partial charge >= 0.3 is 6.09 Å². The predicted molar refractivity (Wildman–Crippen MR) is 98.2 cm³/mol. The van der Waals surface area contributed by atoms with Crippen LogP contribution in [-0.4, -0.2) is 22.6 Å². The third-order valence-electron chi connectivity index (χ3n) is 3.50. The molecule has 0 radical (unpaired) electrons. The molecule has 0 spiro atoms. The first-order chi connectivity index (χ1) is 12.2. The van der Waals surface area contributed by atoms with Crippen LogP contribution in [0.1, 0.15) is 11.1 Å². The molecule has 2 aromatic carbocycles. The number of ether oxygens (including phenoxy) is 1. The molecular weight excluding hydrogens is 338 g/mol. The third-order valence-corrected chi connectivity index (χ3v) is 3.80. The second-order valence-electron chi connectivity index (χ2n) is 5.29. The molecule has 0 aliphatic carbocycles. The Morgan fingerprint density at radius 2 is 2.00 bits per heavy atom. The molecule has 1 aromatic heterocycles. The molecule has 0 bridgehead atoms. The molecule has 25 heavy (non-hydrogen) atoms. The minimum absolute atomic E-state index is 0.252. The van der Waals surface area contributed by atoms with Crippen LogP contribution in [0.5, 0.6) is 0 Å². The molecule has 126 valence electrons. The van der Waals surface area contributed by atoms with Gasteiger partial charge < -0.3 is 10.1 Å². The van der Waals surface area contributed by atoms with E-state index in [-0.39, 0.29) is 6.61 Å². The SMILES string of the molecule is O=C(NCC=Cc1ccc2c(Cl)ncnc2c1)OCc1ccccc1. The zero-order chi connectivity index (χ0) is 17.5. The van der Waals surface area contributed by atoms with Crippen LogP contribution in [0, 0.1) is 0 Å². The van der Waals surface area contributed by atoms with Gasteiger partial charge in [-0.3, -0.25) is 0 Å². The smallest absolute Gasteiger partial charge is 0.407 e. The number of fused-ring (bicyclic) bond motifs is 1. The summed E-state index contributed by atoms with van der Waals surface area (Å²) in [7, 11) is 0. The Morgan fingerprint density at radius 1 is 1.16 bits per heavy atom. The lowest BCUT2D eigenvalue weighted by Crippen LogP contribution is -2.24. The van der Waals surface area contributed by atoms with Gasteiger partial charge in [0.1, 0.15) is 18.1 Å². The summed E-state index contributed by atoms with van der Waals surface area (Å²) in [5, 5.41) is 3.92. The lowest BCUT2D eigenvalue weighted by Gasteiger charge is -2.05. The van der Waals surface area contributed by atoms with Crippen molar-refractivity contribution >= 4 is 34.7 Å². The van der Waals surface area contributed by atoms with Gasteiger partial charge in [-0.05, 0) is 23.3 Å². The lowest BCUT2D eigenvalue weighted by atomic mass is 10.1. The summed E-state index contributed by atoms with van der Waals surface area (Å²) in [5.74, 6) is 0. The fourth-order valence-electron chi connectivity index (χ4n) is 2.26. The van der Waals surface area contributed by atoms with Gasteiger partial charge in [0.2, 0.25) is 0 Å². The second-order valence-corrected chi connectivity index (χ2v) is 5.64. The molecule has 0 aliphatic heterocycles. The van der Waals surface area contributed by atoms with E-state index in [2.05, 4.69) is 15.3 Å². The van der Waals surface area contributed by atoms with Crippen LogP contribution in [-0.2, 0) is 11.3 Å². The van der Waals surface area contributed by atoms with Crippen molar-refractivity contribution in [2.75, 3.05) is 6.54 Å². The molecule has 0 atom stereocenters. The van der Waals surface area contributed by atoms with Gasteiger partial charge in [0.05, 0.1) is 5.52 Å². The summed E-state index contributed by atoms with van der Waals surface area (Å²) in [5.41, 5.74) is 2.68. The topological polar surface area (TPSA) is 64.1 Å². The highest BCUT2D eigenvalue weighted by Gasteiger charge is 2.02. The molecule has 5 nitrogen and oxygen atoms in total. The first-order valence-corrected chi connectivity index (χ1v) is 8.11. The molecule has 1 N–H and O–H groups in total. The quantitative estimate of drug-likeness (QED) is 0.697. The van der Waals surface area contributed by atoms with Crippen LogP contribution in [0.15, 0.2) is 60.9 Å². The van der Waals surface area contributed by atoms with Crippen molar-refractivity contribution in [1.29, 1.82) is 0 Å². The average Bonchev–Trinajstić information content (AvgIpc) is 2.64. The minimum atomic E-state index is -0.452. The van der Waals surface area contributed by atoms with Crippen molar-refractivity contribution < 1.29 is 9.53 Å². The summed E-state index contributed by atoms with van der Waals surface area (Å²) < 4.78 is 5.14. The van der Waals surface area contributed by atoms with E-state index in [4.69, 9.17) is 16.3 Å². The summed E-state index contributed by atoms with van der Waals surface area (Å²) in [6.07, 6.45) is 4.72. The summed E-state index contributed by atoms with van der Waals surface area (Å²) in [4.78, 5) is 19.8. The number of alkyl carbamates (subject to hydrolysis) is 1. The Hall–Kier alpha value is -2.92. The molecular formula is C19H16ClN3O2. The first kappa shape index (κ1) is 16.9. The number of nitrogens with zero attached hydrogens (tertiary/aromatic N) is 2. The van der Waals surface area contributed by atoms with E-state index in [1.165, 1.54) is 6.33 Å².